The van der Waals surface area contributed by atoms with Crippen LogP contribution in [-0.4, -0.2) is 18.7 Å². The van der Waals surface area contributed by atoms with Crippen molar-refractivity contribution in [2.45, 2.75) is 32.0 Å². The highest BCUT2D eigenvalue weighted by Crippen LogP contribution is 2.39. The molecule has 1 aliphatic heterocycles. The standard InChI is InChI=1S/C11H15Cl2NOS/c1-3-11(2)6-14-5-8(15-11)7-4-9(12)16-10(7)13/h4,8,14H,3,5-6H2,1-2H3. The predicted molar refractivity (Wildman–Crippen MR) is 69.7 cm³/mol. The number of thiophene rings is 1. The molecule has 0 amide bonds. The van der Waals surface area contributed by atoms with E-state index in [2.05, 4.69) is 19.2 Å². The molecule has 16 heavy (non-hydrogen) atoms. The van der Waals surface area contributed by atoms with Crippen molar-refractivity contribution in [1.29, 1.82) is 0 Å². The van der Waals surface area contributed by atoms with Crippen molar-refractivity contribution < 1.29 is 4.74 Å². The van der Waals surface area contributed by atoms with Gasteiger partial charge in [0.05, 0.1) is 16.0 Å². The van der Waals surface area contributed by atoms with Gasteiger partial charge in [-0.2, -0.15) is 0 Å². The second-order valence-electron chi connectivity index (χ2n) is 4.32. The Morgan fingerprint density at radius 2 is 2.38 bits per heavy atom. The number of morpholine rings is 1. The molecule has 90 valence electrons. The zero-order chi connectivity index (χ0) is 11.8. The van der Waals surface area contributed by atoms with E-state index in [0.717, 1.165) is 29.4 Å². The molecule has 1 N–H and O–H groups in total. The van der Waals surface area contributed by atoms with Crippen molar-refractivity contribution in [2.75, 3.05) is 13.1 Å². The molecule has 2 rings (SSSR count). The van der Waals surface area contributed by atoms with Crippen LogP contribution in [-0.2, 0) is 4.74 Å². The maximum Gasteiger partial charge on any atom is 0.100 e. The van der Waals surface area contributed by atoms with Gasteiger partial charge in [0.1, 0.15) is 4.34 Å². The first-order valence-electron chi connectivity index (χ1n) is 5.37. The first-order valence-corrected chi connectivity index (χ1v) is 6.94. The average Bonchev–Trinajstić information content (AvgIpc) is 2.58. The number of hydrogen-bond donors (Lipinski definition) is 1. The molecule has 0 spiro atoms. The number of nitrogens with one attached hydrogen (secondary N) is 1. The first kappa shape index (κ1) is 12.7. The van der Waals surface area contributed by atoms with Crippen molar-refractivity contribution in [2.24, 2.45) is 0 Å². The molecular weight excluding hydrogens is 265 g/mol. The van der Waals surface area contributed by atoms with E-state index in [1.807, 2.05) is 6.07 Å². The number of halogens is 2. The second-order valence-corrected chi connectivity index (χ2v) is 6.61. The van der Waals surface area contributed by atoms with Crippen LogP contribution in [0.5, 0.6) is 0 Å². The summed E-state index contributed by atoms with van der Waals surface area (Å²) in [6, 6.07) is 1.91. The Hall–Kier alpha value is 0.200. The molecular formula is C11H15Cl2NOS. The van der Waals surface area contributed by atoms with E-state index in [1.54, 1.807) is 0 Å². The lowest BCUT2D eigenvalue weighted by molar-refractivity contribution is -0.109. The van der Waals surface area contributed by atoms with Crippen LogP contribution in [0, 0.1) is 0 Å². The Bertz CT molecular complexity index is 382. The molecule has 1 aliphatic rings. The summed E-state index contributed by atoms with van der Waals surface area (Å²) in [5, 5.41) is 3.39. The monoisotopic (exact) mass is 279 g/mol. The fourth-order valence-electron chi connectivity index (χ4n) is 1.85. The van der Waals surface area contributed by atoms with Gasteiger partial charge in [-0.1, -0.05) is 30.1 Å². The Kier molecular flexibility index (Phi) is 3.82. The van der Waals surface area contributed by atoms with Gasteiger partial charge in [-0.25, -0.2) is 0 Å². The molecule has 2 heterocycles. The van der Waals surface area contributed by atoms with Gasteiger partial charge in [0, 0.05) is 18.7 Å². The van der Waals surface area contributed by atoms with Crippen molar-refractivity contribution in [3.8, 4) is 0 Å². The van der Waals surface area contributed by atoms with E-state index >= 15 is 0 Å². The molecule has 2 atom stereocenters. The smallest absolute Gasteiger partial charge is 0.100 e. The van der Waals surface area contributed by atoms with Crippen molar-refractivity contribution in [1.82, 2.24) is 5.32 Å². The molecule has 0 aliphatic carbocycles. The minimum Gasteiger partial charge on any atom is -0.365 e. The third kappa shape index (κ3) is 2.54. The van der Waals surface area contributed by atoms with Gasteiger partial charge in [-0.3, -0.25) is 0 Å². The second kappa shape index (κ2) is 4.83. The first-order chi connectivity index (χ1) is 7.54. The molecule has 1 aromatic rings. The molecule has 5 heteroatoms. The summed E-state index contributed by atoms with van der Waals surface area (Å²) in [6.45, 7) is 5.93. The largest absolute Gasteiger partial charge is 0.365 e. The third-order valence-electron chi connectivity index (χ3n) is 3.03. The summed E-state index contributed by atoms with van der Waals surface area (Å²) in [5.41, 5.74) is 0.893. The number of hydrogen-bond acceptors (Lipinski definition) is 3. The van der Waals surface area contributed by atoms with Crippen LogP contribution in [0.2, 0.25) is 8.67 Å². The highest BCUT2D eigenvalue weighted by Gasteiger charge is 2.33. The van der Waals surface area contributed by atoms with Crippen molar-refractivity contribution in [3.63, 3.8) is 0 Å². The van der Waals surface area contributed by atoms with Gasteiger partial charge in [-0.15, -0.1) is 11.3 Å². The SMILES string of the molecule is CCC1(C)CNCC(c2cc(Cl)sc2Cl)O1. The quantitative estimate of drug-likeness (QED) is 0.887. The van der Waals surface area contributed by atoms with Crippen molar-refractivity contribution >= 4 is 34.5 Å². The summed E-state index contributed by atoms with van der Waals surface area (Å²) in [6.07, 6.45) is 0.987. The molecule has 1 saturated heterocycles. The average molecular weight is 280 g/mol. The topological polar surface area (TPSA) is 21.3 Å². The minimum absolute atomic E-state index is 0.00921. The van der Waals surface area contributed by atoms with E-state index in [9.17, 15) is 0 Å². The molecule has 0 bridgehead atoms. The molecule has 0 aromatic carbocycles. The molecule has 0 saturated carbocycles. The van der Waals surface area contributed by atoms with Crippen LogP contribution in [0.25, 0.3) is 0 Å². The molecule has 0 radical (unpaired) electrons. The summed E-state index contributed by atoms with van der Waals surface area (Å²) >= 11 is 13.5. The van der Waals surface area contributed by atoms with E-state index < -0.39 is 0 Å². The zero-order valence-electron chi connectivity index (χ0n) is 9.35. The fourth-order valence-corrected chi connectivity index (χ4v) is 3.41. The normalized spacial score (nSPS) is 30.6. The van der Waals surface area contributed by atoms with Crippen LogP contribution >= 0.6 is 34.5 Å². The summed E-state index contributed by atoms with van der Waals surface area (Å²) in [7, 11) is 0. The van der Waals surface area contributed by atoms with E-state index in [1.165, 1.54) is 11.3 Å². The molecule has 1 fully saturated rings. The van der Waals surface area contributed by atoms with Crippen LogP contribution in [0.15, 0.2) is 6.07 Å². The highest BCUT2D eigenvalue weighted by molar-refractivity contribution is 7.20. The maximum absolute atomic E-state index is 6.14. The fraction of sp³-hybridized carbons (Fsp3) is 0.636. The van der Waals surface area contributed by atoms with Gasteiger partial charge in [0.15, 0.2) is 0 Å². The van der Waals surface area contributed by atoms with Crippen LogP contribution in [0.3, 0.4) is 0 Å². The van der Waals surface area contributed by atoms with E-state index in [0.29, 0.717) is 4.34 Å². The summed E-state index contributed by atoms with van der Waals surface area (Å²) < 4.78 is 7.55. The van der Waals surface area contributed by atoms with Crippen LogP contribution < -0.4 is 5.32 Å². The van der Waals surface area contributed by atoms with Crippen LogP contribution in [0.1, 0.15) is 31.9 Å². The third-order valence-corrected chi connectivity index (χ3v) is 4.55. The lowest BCUT2D eigenvalue weighted by Gasteiger charge is -2.38. The Morgan fingerprint density at radius 1 is 1.62 bits per heavy atom. The van der Waals surface area contributed by atoms with E-state index in [-0.39, 0.29) is 11.7 Å². The van der Waals surface area contributed by atoms with E-state index in [4.69, 9.17) is 27.9 Å². The maximum atomic E-state index is 6.14. The Balaban J connectivity index is 2.19. The molecule has 2 unspecified atom stereocenters. The van der Waals surface area contributed by atoms with Gasteiger partial charge in [0.25, 0.3) is 0 Å². The minimum atomic E-state index is -0.110. The van der Waals surface area contributed by atoms with Gasteiger partial charge in [0.2, 0.25) is 0 Å². The summed E-state index contributed by atoms with van der Waals surface area (Å²) in [4.78, 5) is 0. The number of rotatable bonds is 2. The van der Waals surface area contributed by atoms with Gasteiger partial charge >= 0.3 is 0 Å². The van der Waals surface area contributed by atoms with Crippen LogP contribution in [0.4, 0.5) is 0 Å². The van der Waals surface area contributed by atoms with Gasteiger partial charge < -0.3 is 10.1 Å². The highest BCUT2D eigenvalue weighted by atomic mass is 35.5. The Morgan fingerprint density at radius 3 is 2.94 bits per heavy atom. The Labute approximate surface area is 110 Å². The predicted octanol–water partition coefficient (Wildman–Crippen LogP) is 3.88. The lowest BCUT2D eigenvalue weighted by Crippen LogP contribution is -2.48. The molecule has 2 nitrogen and oxygen atoms in total. The van der Waals surface area contributed by atoms with Crippen molar-refractivity contribution in [3.05, 3.63) is 20.3 Å². The zero-order valence-corrected chi connectivity index (χ0v) is 11.7. The van der Waals surface area contributed by atoms with Gasteiger partial charge in [-0.05, 0) is 19.4 Å². The summed E-state index contributed by atoms with van der Waals surface area (Å²) in [5.74, 6) is 0. The molecule has 1 aromatic heterocycles. The lowest BCUT2D eigenvalue weighted by atomic mass is 9.99. The number of ether oxygens (including phenoxy) is 1.